The monoisotopic (exact) mass is 352 g/mol. The molecule has 0 saturated heterocycles. The molecule has 2 N–H and O–H groups in total. The number of carbonyl (C=O) groups excluding carboxylic acids is 2. The number of ether oxygens (including phenoxy) is 1. The Labute approximate surface area is 153 Å². The first-order valence-electron chi connectivity index (χ1n) is 8.95. The number of hydrogen-bond donors (Lipinski definition) is 2. The van der Waals surface area contributed by atoms with Crippen LogP contribution in [0.4, 0.5) is 0 Å². The minimum absolute atomic E-state index is 0.131. The number of carbonyl (C=O) groups is 2. The van der Waals surface area contributed by atoms with E-state index >= 15 is 0 Å². The van der Waals surface area contributed by atoms with E-state index < -0.39 is 0 Å². The fourth-order valence-corrected chi connectivity index (χ4v) is 3.29. The molecule has 2 amide bonds. The zero-order valence-corrected chi connectivity index (χ0v) is 15.0. The maximum atomic E-state index is 12.2. The minimum atomic E-state index is -0.386. The molecule has 0 atom stereocenters. The quantitative estimate of drug-likeness (QED) is 0.810. The lowest BCUT2D eigenvalue weighted by atomic mass is 9.88. The molecule has 2 aromatic rings. The van der Waals surface area contributed by atoms with E-state index in [4.69, 9.17) is 4.74 Å². The van der Waals surface area contributed by atoms with Gasteiger partial charge in [-0.3, -0.25) is 20.4 Å². The summed E-state index contributed by atoms with van der Waals surface area (Å²) < 4.78 is 5.67. The van der Waals surface area contributed by atoms with Crippen molar-refractivity contribution in [1.82, 2.24) is 10.9 Å². The summed E-state index contributed by atoms with van der Waals surface area (Å²) in [5, 5.41) is 0. The van der Waals surface area contributed by atoms with Gasteiger partial charge in [-0.2, -0.15) is 0 Å². The van der Waals surface area contributed by atoms with Crippen LogP contribution in [0.15, 0.2) is 54.6 Å². The normalized spacial score (nSPS) is 15.3. The molecule has 5 nitrogen and oxygen atoms in total. The highest BCUT2D eigenvalue weighted by Gasteiger charge is 2.36. The Kier molecular flexibility index (Phi) is 5.56. The number of hydrazine groups is 1. The van der Waals surface area contributed by atoms with Gasteiger partial charge in [0, 0.05) is 11.0 Å². The van der Waals surface area contributed by atoms with E-state index in [1.54, 1.807) is 0 Å². The van der Waals surface area contributed by atoms with Crippen molar-refractivity contribution in [2.45, 2.75) is 32.6 Å². The maximum Gasteiger partial charge on any atom is 0.276 e. The van der Waals surface area contributed by atoms with E-state index in [1.807, 2.05) is 61.5 Å². The molecule has 136 valence electrons. The van der Waals surface area contributed by atoms with Crippen LogP contribution in [-0.2, 0) is 9.59 Å². The number of hydrogen-bond acceptors (Lipinski definition) is 3. The van der Waals surface area contributed by atoms with Crippen LogP contribution in [-0.4, -0.2) is 18.4 Å². The van der Waals surface area contributed by atoms with Crippen molar-refractivity contribution < 1.29 is 14.3 Å². The minimum Gasteiger partial charge on any atom is -0.483 e. The lowest BCUT2D eigenvalue weighted by Gasteiger charge is -2.22. The molecule has 3 rings (SSSR count). The topological polar surface area (TPSA) is 67.4 Å². The summed E-state index contributed by atoms with van der Waals surface area (Å²) in [7, 11) is 0. The van der Waals surface area contributed by atoms with Crippen LogP contribution in [0.3, 0.4) is 0 Å². The van der Waals surface area contributed by atoms with Crippen LogP contribution in [0.5, 0.6) is 5.75 Å². The third-order valence-electron chi connectivity index (χ3n) is 4.90. The molecule has 0 radical (unpaired) electrons. The Morgan fingerprint density at radius 3 is 2.35 bits per heavy atom. The smallest absolute Gasteiger partial charge is 0.276 e. The molecule has 0 spiro atoms. The predicted molar refractivity (Wildman–Crippen MR) is 100 cm³/mol. The van der Waals surface area contributed by atoms with E-state index in [-0.39, 0.29) is 23.8 Å². The average Bonchev–Trinajstić information content (AvgIpc) is 3.13. The fraction of sp³-hybridized carbons (Fsp3) is 0.333. The highest BCUT2D eigenvalue weighted by atomic mass is 16.5. The van der Waals surface area contributed by atoms with Gasteiger partial charge in [-0.15, -0.1) is 0 Å². The summed E-state index contributed by atoms with van der Waals surface area (Å²) in [6.45, 7) is 1.77. The second kappa shape index (κ2) is 8.04. The maximum absolute atomic E-state index is 12.2. The molecule has 0 aliphatic heterocycles. The number of para-hydroxylation sites is 1. The first-order chi connectivity index (χ1) is 12.6. The van der Waals surface area contributed by atoms with Crippen LogP contribution in [0.1, 0.15) is 32.6 Å². The predicted octanol–water partition coefficient (Wildman–Crippen LogP) is 3.46. The summed E-state index contributed by atoms with van der Waals surface area (Å²) >= 11 is 0. The number of amides is 2. The van der Waals surface area contributed by atoms with Crippen molar-refractivity contribution >= 4 is 11.8 Å². The summed E-state index contributed by atoms with van der Waals surface area (Å²) in [6.07, 6.45) is 3.82. The van der Waals surface area contributed by atoms with Gasteiger partial charge in [0.1, 0.15) is 5.75 Å². The summed E-state index contributed by atoms with van der Waals surface area (Å²) in [5.41, 5.74) is 6.54. The summed E-state index contributed by atoms with van der Waals surface area (Å²) in [4.78, 5) is 24.3. The van der Waals surface area contributed by atoms with Gasteiger partial charge >= 0.3 is 0 Å². The van der Waals surface area contributed by atoms with Crippen molar-refractivity contribution in [1.29, 1.82) is 0 Å². The molecule has 1 saturated carbocycles. The second-order valence-corrected chi connectivity index (χ2v) is 6.92. The van der Waals surface area contributed by atoms with E-state index in [2.05, 4.69) is 10.9 Å². The van der Waals surface area contributed by atoms with E-state index in [0.717, 1.165) is 36.8 Å². The SMILES string of the molecule is CC1(C(=O)NNC(=O)COc2ccccc2-c2ccccc2)CCCC1. The van der Waals surface area contributed by atoms with Gasteiger partial charge in [0.25, 0.3) is 5.91 Å². The fourth-order valence-electron chi connectivity index (χ4n) is 3.29. The molecule has 0 aromatic heterocycles. The van der Waals surface area contributed by atoms with E-state index in [1.165, 1.54) is 0 Å². The Morgan fingerprint density at radius 2 is 1.62 bits per heavy atom. The Morgan fingerprint density at radius 1 is 0.962 bits per heavy atom. The van der Waals surface area contributed by atoms with Crippen molar-refractivity contribution in [3.63, 3.8) is 0 Å². The molecular weight excluding hydrogens is 328 g/mol. The van der Waals surface area contributed by atoms with E-state index in [9.17, 15) is 9.59 Å². The lowest BCUT2D eigenvalue weighted by molar-refractivity contribution is -0.135. The Hall–Kier alpha value is -2.82. The number of rotatable bonds is 5. The van der Waals surface area contributed by atoms with Crippen molar-refractivity contribution in [3.8, 4) is 16.9 Å². The third kappa shape index (κ3) is 4.23. The van der Waals surface area contributed by atoms with Crippen molar-refractivity contribution in [2.24, 2.45) is 5.41 Å². The molecule has 2 aromatic carbocycles. The second-order valence-electron chi connectivity index (χ2n) is 6.92. The molecular formula is C21H24N2O3. The molecule has 1 aliphatic carbocycles. The van der Waals surface area contributed by atoms with Gasteiger partial charge in [-0.05, 0) is 24.5 Å². The van der Waals surface area contributed by atoms with Crippen LogP contribution < -0.4 is 15.6 Å². The van der Waals surface area contributed by atoms with Crippen LogP contribution in [0.25, 0.3) is 11.1 Å². The molecule has 5 heteroatoms. The van der Waals surface area contributed by atoms with Gasteiger partial charge in [0.2, 0.25) is 5.91 Å². The van der Waals surface area contributed by atoms with Gasteiger partial charge in [-0.1, -0.05) is 68.3 Å². The van der Waals surface area contributed by atoms with Crippen LogP contribution in [0, 0.1) is 5.41 Å². The summed E-state index contributed by atoms with van der Waals surface area (Å²) in [5.74, 6) is 0.110. The average molecular weight is 352 g/mol. The van der Waals surface area contributed by atoms with Crippen molar-refractivity contribution in [3.05, 3.63) is 54.6 Å². The van der Waals surface area contributed by atoms with E-state index in [0.29, 0.717) is 5.75 Å². The Balaban J connectivity index is 1.55. The number of benzene rings is 2. The molecule has 26 heavy (non-hydrogen) atoms. The standard InChI is InChI=1S/C21H24N2O3/c1-21(13-7-8-14-21)20(25)23-22-19(24)15-26-18-12-6-5-11-17(18)16-9-3-2-4-10-16/h2-6,9-12H,7-8,13-15H2,1H3,(H,22,24)(H,23,25). The number of nitrogens with one attached hydrogen (secondary N) is 2. The molecule has 0 bridgehead atoms. The largest absolute Gasteiger partial charge is 0.483 e. The van der Waals surface area contributed by atoms with Gasteiger partial charge in [0.05, 0.1) is 0 Å². The molecule has 1 fully saturated rings. The highest BCUT2D eigenvalue weighted by Crippen LogP contribution is 2.37. The summed E-state index contributed by atoms with van der Waals surface area (Å²) in [6, 6.07) is 17.4. The van der Waals surface area contributed by atoms with Crippen molar-refractivity contribution in [2.75, 3.05) is 6.61 Å². The lowest BCUT2D eigenvalue weighted by Crippen LogP contribution is -2.49. The molecule has 1 aliphatic rings. The van der Waals surface area contributed by atoms with Gasteiger partial charge in [0.15, 0.2) is 6.61 Å². The molecule has 0 heterocycles. The van der Waals surface area contributed by atoms with Crippen LogP contribution >= 0.6 is 0 Å². The van der Waals surface area contributed by atoms with Gasteiger partial charge in [-0.25, -0.2) is 0 Å². The Bertz CT molecular complexity index is 768. The van der Waals surface area contributed by atoms with Gasteiger partial charge < -0.3 is 4.74 Å². The molecule has 0 unspecified atom stereocenters. The third-order valence-corrected chi connectivity index (χ3v) is 4.90. The highest BCUT2D eigenvalue weighted by molar-refractivity contribution is 5.86. The van der Waals surface area contributed by atoms with Crippen LogP contribution in [0.2, 0.25) is 0 Å². The first kappa shape index (κ1) is 18.0. The zero-order valence-electron chi connectivity index (χ0n) is 15.0. The zero-order chi connectivity index (χ0) is 18.4. The first-order valence-corrected chi connectivity index (χ1v) is 8.95.